The number of oxazole rings is 1. The predicted molar refractivity (Wildman–Crippen MR) is 81.7 cm³/mol. The molecule has 1 saturated heterocycles. The molecule has 110 valence electrons. The smallest absolute Gasteiger partial charge is 0.192 e. The molecule has 2 unspecified atom stereocenters. The van der Waals surface area contributed by atoms with Crippen LogP contribution in [0.25, 0.3) is 16.7 Å². The van der Waals surface area contributed by atoms with Crippen LogP contribution in [0.3, 0.4) is 0 Å². The van der Waals surface area contributed by atoms with Crippen molar-refractivity contribution < 1.29 is 12.8 Å². The summed E-state index contributed by atoms with van der Waals surface area (Å²) in [5, 5.41) is -0.499. The third kappa shape index (κ3) is 2.02. The molecule has 21 heavy (non-hydrogen) atoms. The van der Waals surface area contributed by atoms with Gasteiger partial charge >= 0.3 is 0 Å². The topological polar surface area (TPSA) is 60.2 Å². The van der Waals surface area contributed by atoms with Crippen molar-refractivity contribution in [1.29, 1.82) is 0 Å². The number of sulfone groups is 1. The Labute approximate surface area is 123 Å². The van der Waals surface area contributed by atoms with Gasteiger partial charge in [0.15, 0.2) is 21.3 Å². The monoisotopic (exact) mass is 303 g/mol. The van der Waals surface area contributed by atoms with Crippen LogP contribution in [-0.2, 0) is 9.84 Å². The molecule has 0 amide bonds. The molecule has 4 rings (SSSR count). The van der Waals surface area contributed by atoms with E-state index in [0.717, 1.165) is 41.5 Å². The lowest BCUT2D eigenvalue weighted by atomic mass is 9.93. The number of aromatic nitrogens is 1. The number of fused-ring (bicyclic) bond motifs is 3. The predicted octanol–water partition coefficient (Wildman–Crippen LogP) is 3.26. The molecule has 0 aliphatic carbocycles. The van der Waals surface area contributed by atoms with Gasteiger partial charge in [0.2, 0.25) is 0 Å². The largest absolute Gasteiger partial charge is 0.441 e. The Morgan fingerprint density at radius 2 is 2.14 bits per heavy atom. The maximum atomic E-state index is 12.3. The summed E-state index contributed by atoms with van der Waals surface area (Å²) in [6.45, 7) is 1.83. The van der Waals surface area contributed by atoms with Crippen LogP contribution in [0.1, 0.15) is 37.1 Å². The highest BCUT2D eigenvalue weighted by Crippen LogP contribution is 2.39. The summed E-state index contributed by atoms with van der Waals surface area (Å²) < 4.78 is 30.1. The summed E-state index contributed by atoms with van der Waals surface area (Å²) in [5.41, 5.74) is 3.83. The SMILES string of the molecule is Cc1nc2cc(C3=CC4CCCC(C3)S4(=O)=O)ccc2o1. The second kappa shape index (κ2) is 4.44. The minimum atomic E-state index is -2.96. The average molecular weight is 303 g/mol. The van der Waals surface area contributed by atoms with Gasteiger partial charge in [-0.05, 0) is 42.5 Å². The van der Waals surface area contributed by atoms with Gasteiger partial charge in [-0.3, -0.25) is 0 Å². The summed E-state index contributed by atoms with van der Waals surface area (Å²) in [5.74, 6) is 0.652. The molecular formula is C16H17NO3S. The second-order valence-electron chi connectivity index (χ2n) is 5.99. The molecule has 1 aromatic heterocycles. The molecule has 2 aromatic rings. The van der Waals surface area contributed by atoms with Crippen molar-refractivity contribution in [1.82, 2.24) is 4.98 Å². The normalized spacial score (nSPS) is 27.6. The molecule has 2 bridgehead atoms. The minimum absolute atomic E-state index is 0.203. The first kappa shape index (κ1) is 13.1. The van der Waals surface area contributed by atoms with E-state index in [1.165, 1.54) is 0 Å². The number of hydrogen-bond donors (Lipinski definition) is 0. The summed E-state index contributed by atoms with van der Waals surface area (Å²) in [4.78, 5) is 4.36. The van der Waals surface area contributed by atoms with Crippen molar-refractivity contribution in [3.63, 3.8) is 0 Å². The highest BCUT2D eigenvalue weighted by Gasteiger charge is 2.40. The molecular weight excluding hydrogens is 286 g/mol. The molecule has 0 N–H and O–H groups in total. The van der Waals surface area contributed by atoms with Crippen LogP contribution in [0, 0.1) is 6.92 Å². The number of aryl methyl sites for hydroxylation is 1. The second-order valence-corrected chi connectivity index (χ2v) is 8.44. The third-order valence-electron chi connectivity index (χ3n) is 4.60. The van der Waals surface area contributed by atoms with Crippen molar-refractivity contribution in [2.45, 2.75) is 43.1 Å². The van der Waals surface area contributed by atoms with E-state index < -0.39 is 9.84 Å². The van der Waals surface area contributed by atoms with E-state index in [1.54, 1.807) is 0 Å². The number of nitrogens with zero attached hydrogens (tertiary/aromatic N) is 1. The van der Waals surface area contributed by atoms with Crippen LogP contribution in [0.15, 0.2) is 28.7 Å². The highest BCUT2D eigenvalue weighted by molar-refractivity contribution is 7.93. The van der Waals surface area contributed by atoms with Crippen LogP contribution in [0.4, 0.5) is 0 Å². The van der Waals surface area contributed by atoms with Crippen LogP contribution >= 0.6 is 0 Å². The zero-order valence-corrected chi connectivity index (χ0v) is 12.7. The van der Waals surface area contributed by atoms with Crippen molar-refractivity contribution >= 4 is 26.5 Å². The van der Waals surface area contributed by atoms with E-state index >= 15 is 0 Å². The van der Waals surface area contributed by atoms with Gasteiger partial charge in [-0.15, -0.1) is 0 Å². The Hall–Kier alpha value is -1.62. The first-order chi connectivity index (χ1) is 10.0. The van der Waals surface area contributed by atoms with Gasteiger partial charge in [0.1, 0.15) is 5.52 Å². The summed E-state index contributed by atoms with van der Waals surface area (Å²) >= 11 is 0. The summed E-state index contributed by atoms with van der Waals surface area (Å²) in [6.07, 6.45) is 5.15. The average Bonchev–Trinajstić information content (AvgIpc) is 2.76. The van der Waals surface area contributed by atoms with Crippen molar-refractivity contribution in [2.24, 2.45) is 0 Å². The number of rotatable bonds is 1. The van der Waals surface area contributed by atoms with Crippen molar-refractivity contribution in [3.05, 3.63) is 35.7 Å². The van der Waals surface area contributed by atoms with Crippen LogP contribution in [0.2, 0.25) is 0 Å². The lowest BCUT2D eigenvalue weighted by molar-refractivity contribution is 0.518. The number of allylic oxidation sites excluding steroid dienone is 1. The molecule has 5 heteroatoms. The van der Waals surface area contributed by atoms with Gasteiger partial charge in [-0.2, -0.15) is 0 Å². The van der Waals surface area contributed by atoms with E-state index in [2.05, 4.69) is 4.98 Å². The molecule has 0 radical (unpaired) electrons. The molecule has 3 heterocycles. The molecule has 4 nitrogen and oxygen atoms in total. The lowest BCUT2D eigenvalue weighted by Gasteiger charge is -2.33. The van der Waals surface area contributed by atoms with Gasteiger partial charge < -0.3 is 4.42 Å². The van der Waals surface area contributed by atoms with Crippen LogP contribution in [-0.4, -0.2) is 23.9 Å². The van der Waals surface area contributed by atoms with E-state index in [1.807, 2.05) is 31.2 Å². The molecule has 0 spiro atoms. The summed E-state index contributed by atoms with van der Waals surface area (Å²) in [6, 6.07) is 5.93. The first-order valence-electron chi connectivity index (χ1n) is 7.35. The Balaban J connectivity index is 1.80. The van der Waals surface area contributed by atoms with E-state index in [0.29, 0.717) is 12.3 Å². The van der Waals surface area contributed by atoms with E-state index in [4.69, 9.17) is 4.42 Å². The Morgan fingerprint density at radius 3 is 2.95 bits per heavy atom. The molecule has 1 aromatic carbocycles. The van der Waals surface area contributed by atoms with Gasteiger partial charge in [-0.25, -0.2) is 13.4 Å². The molecule has 2 aliphatic rings. The van der Waals surface area contributed by atoms with Gasteiger partial charge in [0.05, 0.1) is 10.5 Å². The molecule has 2 aliphatic heterocycles. The fourth-order valence-electron chi connectivity index (χ4n) is 3.51. The standard InChI is InChI=1S/C16H17NO3S/c1-10-17-15-9-11(5-6-16(15)20-10)12-7-13-3-2-4-14(8-12)21(13,18)19/h5-7,9,13-14H,2-4,8H2,1H3. The van der Waals surface area contributed by atoms with E-state index in [9.17, 15) is 8.42 Å². The highest BCUT2D eigenvalue weighted by atomic mass is 32.2. The van der Waals surface area contributed by atoms with Crippen molar-refractivity contribution in [3.8, 4) is 0 Å². The molecule has 2 atom stereocenters. The van der Waals surface area contributed by atoms with Gasteiger partial charge in [0, 0.05) is 6.92 Å². The Bertz CT molecular complexity index is 848. The van der Waals surface area contributed by atoms with Gasteiger partial charge in [-0.1, -0.05) is 18.6 Å². The zero-order valence-electron chi connectivity index (χ0n) is 11.9. The van der Waals surface area contributed by atoms with Gasteiger partial charge in [0.25, 0.3) is 0 Å². The number of benzene rings is 1. The molecule has 1 fully saturated rings. The first-order valence-corrected chi connectivity index (χ1v) is 8.96. The third-order valence-corrected chi connectivity index (χ3v) is 7.15. The fraction of sp³-hybridized carbons (Fsp3) is 0.438. The maximum Gasteiger partial charge on any atom is 0.192 e. The summed E-state index contributed by atoms with van der Waals surface area (Å²) in [7, 11) is -2.96. The minimum Gasteiger partial charge on any atom is -0.441 e. The molecule has 0 saturated carbocycles. The van der Waals surface area contributed by atoms with E-state index in [-0.39, 0.29) is 10.5 Å². The van der Waals surface area contributed by atoms with Crippen molar-refractivity contribution in [2.75, 3.05) is 0 Å². The lowest BCUT2D eigenvalue weighted by Crippen LogP contribution is -2.38. The fourth-order valence-corrected chi connectivity index (χ4v) is 5.76. The van der Waals surface area contributed by atoms with Crippen LogP contribution in [0.5, 0.6) is 0 Å². The Morgan fingerprint density at radius 1 is 1.29 bits per heavy atom. The van der Waals surface area contributed by atoms with Crippen LogP contribution < -0.4 is 0 Å². The number of hydrogen-bond acceptors (Lipinski definition) is 4. The maximum absolute atomic E-state index is 12.3. The zero-order chi connectivity index (χ0) is 14.6. The Kier molecular flexibility index (Phi) is 2.76. The quantitative estimate of drug-likeness (QED) is 0.811.